The highest BCUT2D eigenvalue weighted by atomic mass is 79.9. The number of nitrogens with one attached hydrogen (secondary N) is 1. The van der Waals surface area contributed by atoms with Crippen molar-refractivity contribution in [2.75, 3.05) is 7.05 Å². The zero-order chi connectivity index (χ0) is 12.4. The molecular weight excluding hydrogens is 294 g/mol. The molecule has 0 aliphatic rings. The van der Waals surface area contributed by atoms with Gasteiger partial charge in [-0.15, -0.1) is 11.3 Å². The summed E-state index contributed by atoms with van der Waals surface area (Å²) in [7, 11) is 2.02. The maximum Gasteiger partial charge on any atom is 0.0671 e. The van der Waals surface area contributed by atoms with E-state index in [0.29, 0.717) is 6.04 Å². The Morgan fingerprint density at radius 3 is 2.47 bits per heavy atom. The average Bonchev–Trinajstić information content (AvgIpc) is 2.71. The smallest absolute Gasteiger partial charge is 0.0671 e. The highest BCUT2D eigenvalue weighted by molar-refractivity contribution is 9.10. The van der Waals surface area contributed by atoms with Gasteiger partial charge in [0.25, 0.3) is 0 Å². The Labute approximate surface area is 115 Å². The molecule has 2 aromatic rings. The first kappa shape index (κ1) is 12.8. The number of hydrogen-bond donors (Lipinski definition) is 1. The summed E-state index contributed by atoms with van der Waals surface area (Å²) in [5.74, 6) is 0. The van der Waals surface area contributed by atoms with Crippen LogP contribution in [0.25, 0.3) is 0 Å². The van der Waals surface area contributed by atoms with Crippen molar-refractivity contribution in [2.45, 2.75) is 19.9 Å². The van der Waals surface area contributed by atoms with Crippen molar-refractivity contribution >= 4 is 27.3 Å². The number of benzene rings is 1. The van der Waals surface area contributed by atoms with Crippen molar-refractivity contribution < 1.29 is 0 Å². The zero-order valence-corrected chi connectivity index (χ0v) is 12.7. The summed E-state index contributed by atoms with van der Waals surface area (Å²) < 4.78 is 1.17. The van der Waals surface area contributed by atoms with Gasteiger partial charge < -0.3 is 5.32 Å². The summed E-state index contributed by atoms with van der Waals surface area (Å²) >= 11 is 5.36. The summed E-state index contributed by atoms with van der Waals surface area (Å²) in [4.78, 5) is 1.40. The second-order valence-electron chi connectivity index (χ2n) is 4.20. The number of hydrogen-bond acceptors (Lipinski definition) is 2. The number of rotatable bonds is 3. The molecule has 0 saturated carbocycles. The van der Waals surface area contributed by atoms with Crippen molar-refractivity contribution in [1.29, 1.82) is 0 Å². The Morgan fingerprint density at radius 1 is 1.18 bits per heavy atom. The Morgan fingerprint density at radius 2 is 1.94 bits per heavy atom. The topological polar surface area (TPSA) is 12.0 Å². The van der Waals surface area contributed by atoms with Crippen molar-refractivity contribution in [2.24, 2.45) is 0 Å². The van der Waals surface area contributed by atoms with Crippen LogP contribution >= 0.6 is 27.3 Å². The molecule has 1 atom stereocenters. The molecule has 0 bridgehead atoms. The van der Waals surface area contributed by atoms with Crippen LogP contribution in [0.5, 0.6) is 0 Å². The molecular formula is C14H16BrNS. The predicted molar refractivity (Wildman–Crippen MR) is 78.8 cm³/mol. The Hall–Kier alpha value is -0.640. The molecule has 0 saturated heterocycles. The summed E-state index contributed by atoms with van der Waals surface area (Å²) in [6, 6.07) is 9.01. The van der Waals surface area contributed by atoms with Gasteiger partial charge in [-0.3, -0.25) is 0 Å². The molecule has 1 nitrogen and oxygen atoms in total. The second kappa shape index (κ2) is 5.34. The molecule has 0 spiro atoms. The lowest BCUT2D eigenvalue weighted by molar-refractivity contribution is 0.699. The molecule has 1 N–H and O–H groups in total. The van der Waals surface area contributed by atoms with E-state index in [2.05, 4.69) is 64.7 Å². The van der Waals surface area contributed by atoms with Gasteiger partial charge in [0.15, 0.2) is 0 Å². The molecule has 0 aliphatic carbocycles. The maximum atomic E-state index is 3.55. The van der Waals surface area contributed by atoms with Crippen LogP contribution in [0.1, 0.15) is 27.6 Å². The highest BCUT2D eigenvalue weighted by Gasteiger charge is 2.15. The maximum absolute atomic E-state index is 3.55. The predicted octanol–water partition coefficient (Wildman–Crippen LogP) is 4.44. The van der Waals surface area contributed by atoms with E-state index in [9.17, 15) is 0 Å². The lowest BCUT2D eigenvalue weighted by Gasteiger charge is -2.17. The highest BCUT2D eigenvalue weighted by Crippen LogP contribution is 2.30. The van der Waals surface area contributed by atoms with Crippen LogP contribution in [-0.4, -0.2) is 7.05 Å². The van der Waals surface area contributed by atoms with Gasteiger partial charge in [0.2, 0.25) is 0 Å². The molecule has 17 heavy (non-hydrogen) atoms. The Balaban J connectivity index is 2.42. The number of thiophene rings is 1. The minimum absolute atomic E-state index is 0.293. The van der Waals surface area contributed by atoms with E-state index in [1.54, 1.807) is 0 Å². The lowest BCUT2D eigenvalue weighted by atomic mass is 10.0. The third-order valence-corrected chi connectivity index (χ3v) is 4.94. The van der Waals surface area contributed by atoms with Gasteiger partial charge in [-0.2, -0.15) is 0 Å². The van der Waals surface area contributed by atoms with Crippen LogP contribution in [0.15, 0.2) is 34.1 Å². The van der Waals surface area contributed by atoms with Crippen molar-refractivity contribution in [3.63, 3.8) is 0 Å². The van der Waals surface area contributed by atoms with Gasteiger partial charge in [0.1, 0.15) is 0 Å². The fraction of sp³-hybridized carbons (Fsp3) is 0.286. The molecule has 1 aromatic carbocycles. The fourth-order valence-electron chi connectivity index (χ4n) is 1.98. The first-order valence-electron chi connectivity index (χ1n) is 5.60. The summed E-state index contributed by atoms with van der Waals surface area (Å²) in [5, 5.41) is 5.56. The lowest BCUT2D eigenvalue weighted by Crippen LogP contribution is -2.17. The monoisotopic (exact) mass is 309 g/mol. The third-order valence-electron chi connectivity index (χ3n) is 2.97. The Bertz CT molecular complexity index is 519. The van der Waals surface area contributed by atoms with E-state index in [1.807, 2.05) is 18.4 Å². The van der Waals surface area contributed by atoms with Crippen LogP contribution in [0.3, 0.4) is 0 Å². The van der Waals surface area contributed by atoms with E-state index in [4.69, 9.17) is 0 Å². The molecule has 2 rings (SSSR count). The zero-order valence-electron chi connectivity index (χ0n) is 10.3. The number of halogens is 1. The first-order chi connectivity index (χ1) is 8.13. The summed E-state index contributed by atoms with van der Waals surface area (Å²) in [6.45, 7) is 4.30. The minimum atomic E-state index is 0.293. The SMILES string of the molecule is CNC(c1ccc(Br)c(C)c1)c1sccc1C. The second-order valence-corrected chi connectivity index (χ2v) is 6.00. The van der Waals surface area contributed by atoms with E-state index in [0.717, 1.165) is 0 Å². The van der Waals surface area contributed by atoms with Crippen LogP contribution < -0.4 is 5.32 Å². The Kier molecular flexibility index (Phi) is 4.02. The first-order valence-corrected chi connectivity index (χ1v) is 7.28. The van der Waals surface area contributed by atoms with Gasteiger partial charge in [-0.1, -0.05) is 28.1 Å². The molecule has 1 aromatic heterocycles. The van der Waals surface area contributed by atoms with Crippen LogP contribution in [-0.2, 0) is 0 Å². The van der Waals surface area contributed by atoms with Crippen molar-refractivity contribution in [3.8, 4) is 0 Å². The van der Waals surface area contributed by atoms with Gasteiger partial charge in [-0.05, 0) is 55.1 Å². The van der Waals surface area contributed by atoms with Crippen LogP contribution in [0, 0.1) is 13.8 Å². The molecule has 1 unspecified atom stereocenters. The molecule has 90 valence electrons. The van der Waals surface area contributed by atoms with Gasteiger partial charge >= 0.3 is 0 Å². The quantitative estimate of drug-likeness (QED) is 0.884. The normalized spacial score (nSPS) is 12.7. The largest absolute Gasteiger partial charge is 0.309 e. The molecule has 0 radical (unpaired) electrons. The standard InChI is InChI=1S/C14H16BrNS/c1-9-6-7-17-14(9)13(16-3)11-4-5-12(15)10(2)8-11/h4-8,13,16H,1-3H3. The fourth-order valence-corrected chi connectivity index (χ4v) is 3.29. The van der Waals surface area contributed by atoms with Crippen molar-refractivity contribution in [3.05, 3.63) is 55.7 Å². The summed E-state index contributed by atoms with van der Waals surface area (Å²) in [5.41, 5.74) is 3.95. The third kappa shape index (κ3) is 2.62. The average molecular weight is 310 g/mol. The van der Waals surface area contributed by atoms with E-state index in [1.165, 1.54) is 26.0 Å². The molecule has 0 fully saturated rings. The molecule has 1 heterocycles. The van der Waals surface area contributed by atoms with Crippen molar-refractivity contribution in [1.82, 2.24) is 5.32 Å². The van der Waals surface area contributed by atoms with Crippen LogP contribution in [0.2, 0.25) is 0 Å². The van der Waals surface area contributed by atoms with E-state index < -0.39 is 0 Å². The van der Waals surface area contributed by atoms with E-state index in [-0.39, 0.29) is 0 Å². The number of aryl methyl sites for hydroxylation is 2. The van der Waals surface area contributed by atoms with Gasteiger partial charge in [0.05, 0.1) is 6.04 Å². The molecule has 3 heteroatoms. The van der Waals surface area contributed by atoms with Gasteiger partial charge in [0, 0.05) is 9.35 Å². The summed E-state index contributed by atoms with van der Waals surface area (Å²) in [6.07, 6.45) is 0. The minimum Gasteiger partial charge on any atom is -0.309 e. The molecule has 0 amide bonds. The van der Waals surface area contributed by atoms with Gasteiger partial charge in [-0.25, -0.2) is 0 Å². The van der Waals surface area contributed by atoms with Crippen LogP contribution in [0.4, 0.5) is 0 Å². The van der Waals surface area contributed by atoms with E-state index >= 15 is 0 Å². The molecule has 0 aliphatic heterocycles.